The maximum Gasteiger partial charge on any atom is 0.233 e. The maximum atomic E-state index is 13.0. The first-order valence-corrected chi connectivity index (χ1v) is 7.80. The summed E-state index contributed by atoms with van der Waals surface area (Å²) in [6, 6.07) is 10.4. The largest absolute Gasteiger partial charge is 0.341 e. The van der Waals surface area contributed by atoms with Gasteiger partial charge in [0.25, 0.3) is 0 Å². The molecule has 3 aliphatic rings. The summed E-state index contributed by atoms with van der Waals surface area (Å²) in [7, 11) is 0. The number of carbonyl (C=O) groups excluding carboxylic acids is 1. The van der Waals surface area contributed by atoms with Gasteiger partial charge in [0.2, 0.25) is 5.91 Å². The molecule has 1 aromatic rings. The summed E-state index contributed by atoms with van der Waals surface area (Å²) in [6.45, 7) is 4.13. The van der Waals surface area contributed by atoms with Crippen LogP contribution in [0.5, 0.6) is 0 Å². The van der Waals surface area contributed by atoms with E-state index in [4.69, 9.17) is 0 Å². The number of rotatable bonds is 2. The molecule has 3 heteroatoms. The van der Waals surface area contributed by atoms with Crippen LogP contribution in [0.25, 0.3) is 0 Å². The second-order valence-corrected chi connectivity index (χ2v) is 6.85. The molecule has 0 bridgehead atoms. The van der Waals surface area contributed by atoms with E-state index in [0.717, 1.165) is 39.0 Å². The average Bonchev–Trinajstić information content (AvgIpc) is 3.01. The van der Waals surface area contributed by atoms with E-state index < -0.39 is 0 Å². The van der Waals surface area contributed by atoms with Crippen LogP contribution >= 0.6 is 0 Å². The van der Waals surface area contributed by atoms with Crippen molar-refractivity contribution in [2.24, 2.45) is 5.41 Å². The first-order chi connectivity index (χ1) is 9.74. The lowest BCUT2D eigenvalue weighted by Gasteiger charge is -2.26. The van der Waals surface area contributed by atoms with Crippen LogP contribution in [0.3, 0.4) is 0 Å². The van der Waals surface area contributed by atoms with Gasteiger partial charge in [0.15, 0.2) is 0 Å². The summed E-state index contributed by atoms with van der Waals surface area (Å²) in [5.41, 5.74) is 1.41. The highest BCUT2D eigenvalue weighted by Gasteiger charge is 2.55. The zero-order valence-corrected chi connectivity index (χ0v) is 11.9. The minimum absolute atomic E-state index is 0.182. The van der Waals surface area contributed by atoms with E-state index in [1.807, 2.05) is 6.07 Å². The number of benzene rings is 1. The number of carbonyl (C=O) groups is 1. The van der Waals surface area contributed by atoms with Gasteiger partial charge >= 0.3 is 0 Å². The highest BCUT2D eigenvalue weighted by atomic mass is 16.2. The average molecular weight is 270 g/mol. The van der Waals surface area contributed by atoms with Crippen molar-refractivity contribution in [1.82, 2.24) is 10.2 Å². The Morgan fingerprint density at radius 3 is 2.55 bits per heavy atom. The summed E-state index contributed by atoms with van der Waals surface area (Å²) in [4.78, 5) is 15.1. The molecular weight excluding hydrogens is 248 g/mol. The first kappa shape index (κ1) is 12.4. The molecule has 0 radical (unpaired) electrons. The predicted molar refractivity (Wildman–Crippen MR) is 78.5 cm³/mol. The molecule has 1 saturated carbocycles. The Hall–Kier alpha value is -1.35. The van der Waals surface area contributed by atoms with Crippen molar-refractivity contribution >= 4 is 5.91 Å². The van der Waals surface area contributed by atoms with Crippen LogP contribution in [0.15, 0.2) is 30.3 Å². The van der Waals surface area contributed by atoms with E-state index in [1.54, 1.807) is 0 Å². The summed E-state index contributed by atoms with van der Waals surface area (Å²) < 4.78 is 0. The van der Waals surface area contributed by atoms with Crippen LogP contribution in [0.2, 0.25) is 0 Å². The molecule has 1 unspecified atom stereocenters. The van der Waals surface area contributed by atoms with E-state index >= 15 is 0 Å². The summed E-state index contributed by atoms with van der Waals surface area (Å²) >= 11 is 0. The molecule has 2 aliphatic heterocycles. The minimum Gasteiger partial charge on any atom is -0.341 e. The van der Waals surface area contributed by atoms with Crippen molar-refractivity contribution in [3.63, 3.8) is 0 Å². The fraction of sp³-hybridized carbons (Fsp3) is 0.588. The lowest BCUT2D eigenvalue weighted by Crippen LogP contribution is -2.39. The standard InChI is InChI=1S/C17H22N2O/c20-15(17(6-7-17)14-4-2-1-3-5-14)19-11-9-16(13-19)8-10-18-12-16/h1-5,18H,6-13H2. The molecule has 1 spiro atoms. The van der Waals surface area contributed by atoms with Gasteiger partial charge in [0, 0.05) is 25.0 Å². The molecule has 20 heavy (non-hydrogen) atoms. The van der Waals surface area contributed by atoms with Gasteiger partial charge in [-0.05, 0) is 37.8 Å². The van der Waals surface area contributed by atoms with E-state index in [1.165, 1.54) is 18.4 Å². The number of amides is 1. The third-order valence-corrected chi connectivity index (χ3v) is 5.54. The molecule has 3 fully saturated rings. The molecule has 106 valence electrons. The normalized spacial score (nSPS) is 30.9. The Bertz CT molecular complexity index is 515. The fourth-order valence-corrected chi connectivity index (χ4v) is 4.06. The number of hydrogen-bond acceptors (Lipinski definition) is 2. The van der Waals surface area contributed by atoms with Gasteiger partial charge in [-0.3, -0.25) is 4.79 Å². The minimum atomic E-state index is -0.182. The van der Waals surface area contributed by atoms with Crippen molar-refractivity contribution < 1.29 is 4.79 Å². The zero-order chi connectivity index (χ0) is 13.6. The van der Waals surface area contributed by atoms with Crippen LogP contribution < -0.4 is 5.32 Å². The summed E-state index contributed by atoms with van der Waals surface area (Å²) in [6.07, 6.45) is 4.46. The van der Waals surface area contributed by atoms with Crippen molar-refractivity contribution in [1.29, 1.82) is 0 Å². The molecule has 1 N–H and O–H groups in total. The Balaban J connectivity index is 1.54. The molecule has 2 heterocycles. The molecule has 1 aliphatic carbocycles. The molecule has 0 aromatic heterocycles. The van der Waals surface area contributed by atoms with E-state index in [2.05, 4.69) is 34.5 Å². The maximum absolute atomic E-state index is 13.0. The number of likely N-dealkylation sites (tertiary alicyclic amines) is 1. The smallest absolute Gasteiger partial charge is 0.233 e. The van der Waals surface area contributed by atoms with Gasteiger partial charge in [-0.15, -0.1) is 0 Å². The molecule has 2 saturated heterocycles. The summed E-state index contributed by atoms with van der Waals surface area (Å²) in [5.74, 6) is 0.382. The summed E-state index contributed by atoms with van der Waals surface area (Å²) in [5, 5.41) is 3.46. The van der Waals surface area contributed by atoms with Crippen LogP contribution in [-0.2, 0) is 10.2 Å². The molecule has 4 rings (SSSR count). The fourth-order valence-electron chi connectivity index (χ4n) is 4.06. The lowest BCUT2D eigenvalue weighted by atomic mass is 9.86. The number of hydrogen-bond donors (Lipinski definition) is 1. The second-order valence-electron chi connectivity index (χ2n) is 6.85. The Morgan fingerprint density at radius 1 is 1.10 bits per heavy atom. The van der Waals surface area contributed by atoms with Gasteiger partial charge in [-0.1, -0.05) is 30.3 Å². The predicted octanol–water partition coefficient (Wildman–Crippen LogP) is 1.93. The van der Waals surface area contributed by atoms with Crippen molar-refractivity contribution in [3.8, 4) is 0 Å². The Labute approximate surface area is 120 Å². The third-order valence-electron chi connectivity index (χ3n) is 5.54. The second kappa shape index (κ2) is 4.32. The molecule has 1 atom stereocenters. The Kier molecular flexibility index (Phi) is 2.68. The van der Waals surface area contributed by atoms with E-state index in [0.29, 0.717) is 11.3 Å². The van der Waals surface area contributed by atoms with Gasteiger partial charge in [0.05, 0.1) is 5.41 Å². The van der Waals surface area contributed by atoms with E-state index in [-0.39, 0.29) is 5.41 Å². The molecular formula is C17H22N2O. The molecule has 1 amide bonds. The van der Waals surface area contributed by atoms with Gasteiger partial charge in [-0.2, -0.15) is 0 Å². The zero-order valence-electron chi connectivity index (χ0n) is 11.9. The lowest BCUT2D eigenvalue weighted by molar-refractivity contribution is -0.133. The van der Waals surface area contributed by atoms with Crippen LogP contribution in [-0.4, -0.2) is 37.0 Å². The highest BCUT2D eigenvalue weighted by Crippen LogP contribution is 2.51. The highest BCUT2D eigenvalue weighted by molar-refractivity contribution is 5.91. The van der Waals surface area contributed by atoms with Crippen LogP contribution in [0.1, 0.15) is 31.2 Å². The SMILES string of the molecule is O=C(N1CCC2(CCNC2)C1)C1(c2ccccc2)CC1. The third kappa shape index (κ3) is 1.80. The topological polar surface area (TPSA) is 32.3 Å². The van der Waals surface area contributed by atoms with Crippen molar-refractivity contribution in [2.75, 3.05) is 26.2 Å². The van der Waals surface area contributed by atoms with E-state index in [9.17, 15) is 4.79 Å². The van der Waals surface area contributed by atoms with Gasteiger partial charge in [-0.25, -0.2) is 0 Å². The Morgan fingerprint density at radius 2 is 1.90 bits per heavy atom. The molecule has 3 nitrogen and oxygen atoms in total. The quantitative estimate of drug-likeness (QED) is 0.890. The monoisotopic (exact) mass is 270 g/mol. The van der Waals surface area contributed by atoms with Gasteiger partial charge < -0.3 is 10.2 Å². The van der Waals surface area contributed by atoms with Crippen molar-refractivity contribution in [3.05, 3.63) is 35.9 Å². The number of nitrogens with one attached hydrogen (secondary N) is 1. The number of nitrogens with zero attached hydrogens (tertiary/aromatic N) is 1. The van der Waals surface area contributed by atoms with Crippen LogP contribution in [0.4, 0.5) is 0 Å². The first-order valence-electron chi connectivity index (χ1n) is 7.80. The molecule has 1 aromatic carbocycles. The van der Waals surface area contributed by atoms with Crippen molar-refractivity contribution in [2.45, 2.75) is 31.1 Å². The van der Waals surface area contributed by atoms with Gasteiger partial charge in [0.1, 0.15) is 0 Å². The van der Waals surface area contributed by atoms with Crippen LogP contribution in [0, 0.1) is 5.41 Å².